The number of aliphatic hydroxyl groups excluding tert-OH is 1. The number of benzene rings is 1. The molecular weight excluding hydrogens is 328 g/mol. The Kier molecular flexibility index (Phi) is 3.25. The van der Waals surface area contributed by atoms with Crippen molar-refractivity contribution in [2.45, 2.75) is 11.7 Å². The fourth-order valence-corrected chi connectivity index (χ4v) is 4.77. The van der Waals surface area contributed by atoms with E-state index in [4.69, 9.17) is 21.3 Å². The van der Waals surface area contributed by atoms with E-state index in [1.165, 1.54) is 0 Å². The number of nitrogens with zero attached hydrogens (tertiary/aromatic N) is 3. The molecule has 7 heteroatoms. The number of aliphatic hydroxyl groups is 1. The van der Waals surface area contributed by atoms with Crippen LogP contribution in [0, 0.1) is 11.8 Å². The first kappa shape index (κ1) is 14.8. The molecule has 3 aliphatic rings. The van der Waals surface area contributed by atoms with Gasteiger partial charge in [-0.05, 0) is 18.2 Å². The third-order valence-electron chi connectivity index (χ3n) is 5.73. The number of halogens is 1. The lowest BCUT2D eigenvalue weighted by atomic mass is 9.83. The first-order valence-corrected chi connectivity index (χ1v) is 8.73. The van der Waals surface area contributed by atoms with Crippen molar-refractivity contribution in [3.05, 3.63) is 29.4 Å². The highest BCUT2D eigenvalue weighted by molar-refractivity contribution is 6.31. The quantitative estimate of drug-likeness (QED) is 0.847. The van der Waals surface area contributed by atoms with Crippen LogP contribution in [0.2, 0.25) is 5.02 Å². The summed E-state index contributed by atoms with van der Waals surface area (Å²) >= 11 is 6.01. The summed E-state index contributed by atoms with van der Waals surface area (Å²) in [5.74, 6) is 1.37. The van der Waals surface area contributed by atoms with Crippen LogP contribution in [-0.2, 0) is 4.74 Å². The Hall–Kier alpha value is -1.47. The lowest BCUT2D eigenvalue weighted by molar-refractivity contribution is -0.0654. The van der Waals surface area contributed by atoms with Crippen LogP contribution in [-0.4, -0.2) is 59.6 Å². The van der Waals surface area contributed by atoms with E-state index < -0.39 is 0 Å². The number of rotatable bonds is 2. The highest BCUT2D eigenvalue weighted by Crippen LogP contribution is 2.47. The van der Waals surface area contributed by atoms with Crippen LogP contribution in [0.3, 0.4) is 0 Å². The van der Waals surface area contributed by atoms with E-state index in [9.17, 15) is 5.11 Å². The van der Waals surface area contributed by atoms with E-state index in [0.29, 0.717) is 10.9 Å². The molecule has 3 saturated heterocycles. The summed E-state index contributed by atoms with van der Waals surface area (Å²) in [6.45, 7) is 3.47. The molecule has 6 nitrogen and oxygen atoms in total. The Labute approximate surface area is 144 Å². The molecule has 3 aliphatic heterocycles. The summed E-state index contributed by atoms with van der Waals surface area (Å²) in [5.41, 5.74) is 1.42. The number of aromatic nitrogens is 2. The molecule has 1 spiro atoms. The topological polar surface area (TPSA) is 70.5 Å². The van der Waals surface area contributed by atoms with E-state index >= 15 is 0 Å². The van der Waals surface area contributed by atoms with E-state index in [1.807, 2.05) is 18.2 Å². The molecule has 0 amide bonds. The molecule has 0 aliphatic carbocycles. The molecule has 2 N–H and O–H groups in total. The molecule has 3 fully saturated rings. The molecule has 0 saturated carbocycles. The van der Waals surface area contributed by atoms with Gasteiger partial charge in [0.15, 0.2) is 0 Å². The lowest BCUT2D eigenvalue weighted by Gasteiger charge is -2.34. The van der Waals surface area contributed by atoms with Gasteiger partial charge >= 0.3 is 0 Å². The van der Waals surface area contributed by atoms with Crippen LogP contribution in [0.5, 0.6) is 0 Å². The highest BCUT2D eigenvalue weighted by atomic mass is 35.5. The van der Waals surface area contributed by atoms with Crippen molar-refractivity contribution >= 4 is 28.5 Å². The van der Waals surface area contributed by atoms with Gasteiger partial charge in [0, 0.05) is 43.1 Å². The summed E-state index contributed by atoms with van der Waals surface area (Å²) in [4.78, 5) is 11.5. The van der Waals surface area contributed by atoms with Gasteiger partial charge in [0.2, 0.25) is 0 Å². The number of anilines is 1. The van der Waals surface area contributed by atoms with E-state index in [2.05, 4.69) is 15.2 Å². The molecule has 5 rings (SSSR count). The van der Waals surface area contributed by atoms with Crippen LogP contribution >= 0.6 is 11.6 Å². The largest absolute Gasteiger partial charge is 0.396 e. The van der Waals surface area contributed by atoms with Gasteiger partial charge in [-0.1, -0.05) is 11.6 Å². The molecule has 4 heterocycles. The summed E-state index contributed by atoms with van der Waals surface area (Å²) in [6.07, 6.45) is 1.93. The number of ether oxygens (including phenoxy) is 1. The first-order valence-electron chi connectivity index (χ1n) is 8.35. The second-order valence-electron chi connectivity index (χ2n) is 7.05. The smallest absolute Gasteiger partial charge is 0.147 e. The molecule has 2 bridgehead atoms. The van der Waals surface area contributed by atoms with Gasteiger partial charge < -0.3 is 20.1 Å². The van der Waals surface area contributed by atoms with Crippen LogP contribution in [0.15, 0.2) is 24.4 Å². The maximum absolute atomic E-state index is 9.81. The number of hydrogen-bond acceptors (Lipinski definition) is 6. The van der Waals surface area contributed by atoms with E-state index in [0.717, 1.165) is 43.0 Å². The molecule has 24 heavy (non-hydrogen) atoms. The van der Waals surface area contributed by atoms with Crippen molar-refractivity contribution in [2.75, 3.05) is 37.7 Å². The van der Waals surface area contributed by atoms with Gasteiger partial charge in [-0.2, -0.15) is 0 Å². The fraction of sp³-hybridized carbons (Fsp3) is 0.529. The van der Waals surface area contributed by atoms with Crippen LogP contribution in [0.4, 0.5) is 5.82 Å². The average molecular weight is 347 g/mol. The number of hydrogen-bond donors (Lipinski definition) is 2. The second-order valence-corrected chi connectivity index (χ2v) is 7.48. The number of fused-ring (bicyclic) bond motifs is 2. The third kappa shape index (κ3) is 2.07. The number of morpholine rings is 1. The van der Waals surface area contributed by atoms with Gasteiger partial charge in [-0.15, -0.1) is 0 Å². The van der Waals surface area contributed by atoms with Crippen molar-refractivity contribution in [1.29, 1.82) is 0 Å². The molecule has 126 valence electrons. The maximum Gasteiger partial charge on any atom is 0.147 e. The van der Waals surface area contributed by atoms with E-state index in [-0.39, 0.29) is 24.2 Å². The van der Waals surface area contributed by atoms with Gasteiger partial charge in [0.25, 0.3) is 0 Å². The van der Waals surface area contributed by atoms with Crippen molar-refractivity contribution in [1.82, 2.24) is 15.3 Å². The molecule has 1 aromatic heterocycles. The minimum atomic E-state index is -0.215. The number of nitrogens with one attached hydrogen (secondary N) is 1. The molecule has 0 radical (unpaired) electrons. The summed E-state index contributed by atoms with van der Waals surface area (Å²) < 4.78 is 6.34. The van der Waals surface area contributed by atoms with Gasteiger partial charge in [0.1, 0.15) is 11.4 Å². The van der Waals surface area contributed by atoms with Gasteiger partial charge in [0.05, 0.1) is 29.9 Å². The summed E-state index contributed by atoms with van der Waals surface area (Å²) in [5, 5.41) is 13.9. The maximum atomic E-state index is 9.81. The van der Waals surface area contributed by atoms with Crippen molar-refractivity contribution < 1.29 is 9.84 Å². The Morgan fingerprint density at radius 2 is 2.33 bits per heavy atom. The van der Waals surface area contributed by atoms with Crippen LogP contribution < -0.4 is 10.2 Å². The Morgan fingerprint density at radius 1 is 1.42 bits per heavy atom. The van der Waals surface area contributed by atoms with Gasteiger partial charge in [-0.25, -0.2) is 4.98 Å². The zero-order valence-corrected chi connectivity index (χ0v) is 13.9. The minimum absolute atomic E-state index is 0.126. The Morgan fingerprint density at radius 3 is 3.21 bits per heavy atom. The SMILES string of the molecule is OC[C@H]1[C@H]2CN(c3cnc4cc(Cl)ccc4n3)C[C@]23CNC[C@H]1O3. The molecular formula is C17H19ClN4O2. The van der Waals surface area contributed by atoms with Crippen LogP contribution in [0.1, 0.15) is 0 Å². The van der Waals surface area contributed by atoms with Crippen molar-refractivity contribution in [3.63, 3.8) is 0 Å². The Bertz CT molecular complexity index is 803. The third-order valence-corrected chi connectivity index (χ3v) is 5.96. The Balaban J connectivity index is 1.48. The summed E-state index contributed by atoms with van der Waals surface area (Å²) in [7, 11) is 0. The second kappa shape index (κ2) is 5.26. The predicted octanol–water partition coefficient (Wildman–Crippen LogP) is 1.07. The fourth-order valence-electron chi connectivity index (χ4n) is 4.60. The van der Waals surface area contributed by atoms with Crippen LogP contribution in [0.25, 0.3) is 11.0 Å². The minimum Gasteiger partial charge on any atom is -0.396 e. The monoisotopic (exact) mass is 346 g/mol. The normalized spacial score (nSPS) is 34.8. The van der Waals surface area contributed by atoms with Crippen molar-refractivity contribution in [3.8, 4) is 0 Å². The zero-order valence-electron chi connectivity index (χ0n) is 13.2. The first-order chi connectivity index (χ1) is 11.7. The molecule has 4 atom stereocenters. The highest BCUT2D eigenvalue weighted by Gasteiger charge is 2.60. The predicted molar refractivity (Wildman–Crippen MR) is 91.3 cm³/mol. The summed E-state index contributed by atoms with van der Waals surface area (Å²) in [6, 6.07) is 5.56. The standard InChI is InChI=1S/C17H19ClN4O2/c18-10-1-2-13-14(3-10)20-5-16(21-13)22-6-12-11(7-23)15-4-19-8-17(12,9-22)24-15/h1-3,5,11-12,15,19,23H,4,6-9H2/t11-,12+,15+,17+/m0/s1. The van der Waals surface area contributed by atoms with E-state index in [1.54, 1.807) is 6.20 Å². The average Bonchev–Trinajstić information content (AvgIpc) is 3.02. The van der Waals surface area contributed by atoms with Crippen molar-refractivity contribution in [2.24, 2.45) is 11.8 Å². The molecule has 2 aromatic rings. The molecule has 0 unspecified atom stereocenters. The lowest BCUT2D eigenvalue weighted by Crippen LogP contribution is -2.52. The molecule has 1 aromatic carbocycles. The zero-order chi connectivity index (χ0) is 16.3. The van der Waals surface area contributed by atoms with Gasteiger partial charge in [-0.3, -0.25) is 4.98 Å².